The Kier molecular flexibility index (Phi) is 6.35. The number of fused-ring (bicyclic) bond motifs is 13. The summed E-state index contributed by atoms with van der Waals surface area (Å²) in [5.74, 6) is 0. The third kappa shape index (κ3) is 4.48. The zero-order valence-electron chi connectivity index (χ0n) is 28.5. The molecule has 0 aromatic heterocycles. The number of rotatable bonds is 3. The van der Waals surface area contributed by atoms with Crippen molar-refractivity contribution in [1.29, 1.82) is 0 Å². The molecule has 0 saturated heterocycles. The molecule has 0 fully saturated rings. The molecule has 0 atom stereocenters. The van der Waals surface area contributed by atoms with Crippen molar-refractivity contribution in [3.05, 3.63) is 194 Å². The average Bonchev–Trinajstić information content (AvgIpc) is 3.23. The van der Waals surface area contributed by atoms with E-state index >= 15 is 0 Å². The second-order valence-corrected chi connectivity index (χ2v) is 14.1. The maximum Gasteiger partial charge on any atom is -0.00928 e. The van der Waals surface area contributed by atoms with Crippen LogP contribution in [0.1, 0.15) is 0 Å². The summed E-state index contributed by atoms with van der Waals surface area (Å²) in [7, 11) is 0. The summed E-state index contributed by atoms with van der Waals surface area (Å²) in [5, 5.41) is 18.0. The van der Waals surface area contributed by atoms with Gasteiger partial charge >= 0.3 is 0 Å². The van der Waals surface area contributed by atoms with Crippen LogP contribution in [0.25, 0.3) is 109 Å². The van der Waals surface area contributed by atoms with E-state index < -0.39 is 0 Å². The monoisotopic (exact) mass is 656 g/mol. The van der Waals surface area contributed by atoms with Crippen LogP contribution in [0.2, 0.25) is 0 Å². The van der Waals surface area contributed by atoms with E-state index in [1.807, 2.05) is 0 Å². The first kappa shape index (κ1) is 29.0. The molecule has 11 aromatic rings. The van der Waals surface area contributed by atoms with E-state index in [9.17, 15) is 0 Å². The highest BCUT2D eigenvalue weighted by molar-refractivity contribution is 6.27. The van der Waals surface area contributed by atoms with E-state index in [4.69, 9.17) is 0 Å². The fraction of sp³-hybridized carbons (Fsp3) is 0. The Morgan fingerprint density at radius 3 is 0.846 bits per heavy atom. The van der Waals surface area contributed by atoms with Crippen LogP contribution in [-0.4, -0.2) is 0 Å². The van der Waals surface area contributed by atoms with Gasteiger partial charge in [0.05, 0.1) is 0 Å². The number of hydrogen-bond donors (Lipinski definition) is 0. The zero-order valence-corrected chi connectivity index (χ0v) is 28.5. The second-order valence-electron chi connectivity index (χ2n) is 14.1. The molecule has 0 spiro atoms. The van der Waals surface area contributed by atoms with Gasteiger partial charge in [-0.2, -0.15) is 0 Å². The Morgan fingerprint density at radius 1 is 0.154 bits per heavy atom. The predicted octanol–water partition coefficient (Wildman–Crippen LogP) is 14.8. The van der Waals surface area contributed by atoms with Crippen LogP contribution in [0, 0.1) is 0 Å². The molecular formula is C52H32. The van der Waals surface area contributed by atoms with Gasteiger partial charge in [0.1, 0.15) is 0 Å². The smallest absolute Gasteiger partial charge is 0.00928 e. The molecule has 0 nitrogen and oxygen atoms in total. The largest absolute Gasteiger partial charge is 0.0616 e. The Labute approximate surface area is 301 Å². The van der Waals surface area contributed by atoms with Crippen molar-refractivity contribution in [2.24, 2.45) is 0 Å². The highest BCUT2D eigenvalue weighted by Crippen LogP contribution is 2.41. The highest BCUT2D eigenvalue weighted by atomic mass is 14.2. The van der Waals surface area contributed by atoms with Gasteiger partial charge in [0.15, 0.2) is 0 Å². The van der Waals surface area contributed by atoms with Crippen LogP contribution in [0.15, 0.2) is 194 Å². The first-order chi connectivity index (χ1) is 25.8. The van der Waals surface area contributed by atoms with Crippen molar-refractivity contribution in [3.63, 3.8) is 0 Å². The normalized spacial score (nSPS) is 11.8. The lowest BCUT2D eigenvalue weighted by molar-refractivity contribution is 1.59. The highest BCUT2D eigenvalue weighted by Gasteiger charge is 2.14. The Morgan fingerprint density at radius 2 is 0.442 bits per heavy atom. The summed E-state index contributed by atoms with van der Waals surface area (Å²) >= 11 is 0. The Bertz CT molecular complexity index is 2990. The van der Waals surface area contributed by atoms with Crippen molar-refractivity contribution >= 4 is 75.4 Å². The summed E-state index contributed by atoms with van der Waals surface area (Å²) in [6.45, 7) is 0. The SMILES string of the molecule is c1ccc2cc(-c3cc(-c4ccc5c6ccccc6c6ccccc6c5c4)cc(-c4ccc5c6ccccc6c6ccccc6c5c4)c3)ccc2c1. The lowest BCUT2D eigenvalue weighted by Gasteiger charge is -2.15. The maximum absolute atomic E-state index is 2.41. The second kappa shape index (κ2) is 11.4. The Balaban J connectivity index is 1.17. The molecule has 11 rings (SSSR count). The molecule has 0 unspecified atom stereocenters. The van der Waals surface area contributed by atoms with E-state index in [0.29, 0.717) is 0 Å². The zero-order chi connectivity index (χ0) is 34.2. The molecule has 0 heteroatoms. The summed E-state index contributed by atoms with van der Waals surface area (Å²) in [5.41, 5.74) is 7.29. The molecule has 0 aliphatic rings. The molecule has 0 heterocycles. The van der Waals surface area contributed by atoms with Crippen LogP contribution >= 0.6 is 0 Å². The van der Waals surface area contributed by atoms with E-state index in [-0.39, 0.29) is 0 Å². The molecule has 0 aliphatic heterocycles. The Hall–Kier alpha value is -6.76. The van der Waals surface area contributed by atoms with Crippen LogP contribution < -0.4 is 0 Å². The van der Waals surface area contributed by atoms with E-state index in [1.165, 1.54) is 109 Å². The van der Waals surface area contributed by atoms with Gasteiger partial charge in [-0.25, -0.2) is 0 Å². The molecular weight excluding hydrogens is 625 g/mol. The summed E-state index contributed by atoms with van der Waals surface area (Å²) in [6, 6.07) is 72.0. The molecule has 0 bridgehead atoms. The van der Waals surface area contributed by atoms with Gasteiger partial charge in [-0.3, -0.25) is 0 Å². The van der Waals surface area contributed by atoms with Crippen molar-refractivity contribution in [2.45, 2.75) is 0 Å². The van der Waals surface area contributed by atoms with Gasteiger partial charge in [0.2, 0.25) is 0 Å². The first-order valence-corrected chi connectivity index (χ1v) is 18.1. The van der Waals surface area contributed by atoms with E-state index in [0.717, 1.165) is 0 Å². The van der Waals surface area contributed by atoms with Crippen LogP contribution in [0.3, 0.4) is 0 Å². The van der Waals surface area contributed by atoms with E-state index in [1.54, 1.807) is 0 Å². The van der Waals surface area contributed by atoms with Gasteiger partial charge in [-0.05, 0) is 145 Å². The van der Waals surface area contributed by atoms with Crippen LogP contribution in [-0.2, 0) is 0 Å². The third-order valence-electron chi connectivity index (χ3n) is 11.2. The molecule has 0 radical (unpaired) electrons. The molecule has 52 heavy (non-hydrogen) atoms. The lowest BCUT2D eigenvalue weighted by Crippen LogP contribution is -1.89. The molecule has 240 valence electrons. The minimum absolute atomic E-state index is 1.21. The van der Waals surface area contributed by atoms with Crippen LogP contribution in [0.5, 0.6) is 0 Å². The fourth-order valence-electron chi connectivity index (χ4n) is 8.67. The van der Waals surface area contributed by atoms with Crippen molar-refractivity contribution in [3.8, 4) is 33.4 Å². The molecule has 0 N–H and O–H groups in total. The van der Waals surface area contributed by atoms with Gasteiger partial charge in [0.25, 0.3) is 0 Å². The van der Waals surface area contributed by atoms with Crippen LogP contribution in [0.4, 0.5) is 0 Å². The maximum atomic E-state index is 2.41. The third-order valence-corrected chi connectivity index (χ3v) is 11.2. The fourth-order valence-corrected chi connectivity index (χ4v) is 8.67. The molecule has 0 saturated carbocycles. The molecule has 11 aromatic carbocycles. The topological polar surface area (TPSA) is 0 Å². The first-order valence-electron chi connectivity index (χ1n) is 18.1. The van der Waals surface area contributed by atoms with Gasteiger partial charge in [-0.1, -0.05) is 158 Å². The quantitative estimate of drug-likeness (QED) is 0.166. The minimum Gasteiger partial charge on any atom is -0.0616 e. The lowest BCUT2D eigenvalue weighted by atomic mass is 9.88. The molecule has 0 amide bonds. The van der Waals surface area contributed by atoms with Crippen molar-refractivity contribution in [2.75, 3.05) is 0 Å². The average molecular weight is 657 g/mol. The van der Waals surface area contributed by atoms with Gasteiger partial charge in [0, 0.05) is 0 Å². The van der Waals surface area contributed by atoms with Gasteiger partial charge in [-0.15, -0.1) is 0 Å². The summed E-state index contributed by atoms with van der Waals surface area (Å²) < 4.78 is 0. The number of benzene rings is 11. The molecule has 0 aliphatic carbocycles. The summed E-state index contributed by atoms with van der Waals surface area (Å²) in [4.78, 5) is 0. The predicted molar refractivity (Wildman–Crippen MR) is 225 cm³/mol. The minimum atomic E-state index is 1.21. The van der Waals surface area contributed by atoms with Gasteiger partial charge < -0.3 is 0 Å². The van der Waals surface area contributed by atoms with E-state index in [2.05, 4.69) is 194 Å². The van der Waals surface area contributed by atoms with Crippen molar-refractivity contribution < 1.29 is 0 Å². The standard InChI is InChI=1S/C52H32/c1-2-12-34-27-35(22-21-33(34)11-1)38-28-39(36-23-25-49-45-17-5-3-13-41(45)43-15-7-9-19-47(43)51(49)31-36)30-40(29-38)37-24-26-50-46-18-6-4-14-42(46)44-16-8-10-20-48(44)52(50)32-37/h1-32H. The summed E-state index contributed by atoms with van der Waals surface area (Å²) in [6.07, 6.45) is 0. The number of hydrogen-bond acceptors (Lipinski definition) is 0. The van der Waals surface area contributed by atoms with Crippen molar-refractivity contribution in [1.82, 2.24) is 0 Å².